The molecule has 0 radical (unpaired) electrons. The first-order valence-corrected chi connectivity index (χ1v) is 14.7. The lowest BCUT2D eigenvalue weighted by molar-refractivity contribution is 0.0226. The molecule has 6 rings (SSSR count). The summed E-state index contributed by atoms with van der Waals surface area (Å²) in [6.45, 7) is 17.5. The molecule has 3 saturated heterocycles. The van der Waals surface area contributed by atoms with E-state index >= 15 is 0 Å². The Morgan fingerprint density at radius 2 is 1.37 bits per heavy atom. The lowest BCUT2D eigenvalue weighted by atomic mass is 9.90. The smallest absolute Gasteiger partial charge is 0.229 e. The second-order valence-corrected chi connectivity index (χ2v) is 12.1. The van der Waals surface area contributed by atoms with Gasteiger partial charge in [0.1, 0.15) is 28.7 Å². The molecule has 8 heteroatoms. The van der Waals surface area contributed by atoms with Crippen LogP contribution >= 0.6 is 0 Å². The normalized spacial score (nSPS) is 24.2. The number of hydrogen-bond acceptors (Lipinski definition) is 8. The number of aromatic hydroxyl groups is 1. The van der Waals surface area contributed by atoms with Crippen molar-refractivity contribution >= 4 is 17.6 Å². The highest BCUT2D eigenvalue weighted by Crippen LogP contribution is 2.43. The zero-order chi connectivity index (χ0) is 26.4. The summed E-state index contributed by atoms with van der Waals surface area (Å²) in [6.07, 6.45) is 6.89. The van der Waals surface area contributed by atoms with Gasteiger partial charge in [0, 0.05) is 70.5 Å². The number of anilines is 3. The summed E-state index contributed by atoms with van der Waals surface area (Å²) in [5.74, 6) is 4.52. The highest BCUT2D eigenvalue weighted by atomic mass is 16.5. The number of nitrogens with zero attached hydrogens (tertiary/aromatic N) is 6. The molecule has 0 saturated carbocycles. The van der Waals surface area contributed by atoms with Crippen molar-refractivity contribution in [3.63, 3.8) is 0 Å². The predicted molar refractivity (Wildman–Crippen MR) is 153 cm³/mol. The van der Waals surface area contributed by atoms with Crippen LogP contribution in [0.25, 0.3) is 0 Å². The van der Waals surface area contributed by atoms with E-state index in [1.165, 1.54) is 31.2 Å². The molecule has 0 unspecified atom stereocenters. The van der Waals surface area contributed by atoms with E-state index in [0.717, 1.165) is 112 Å². The lowest BCUT2D eigenvalue weighted by Gasteiger charge is -2.43. The summed E-state index contributed by atoms with van der Waals surface area (Å²) in [4.78, 5) is 19.9. The second kappa shape index (κ2) is 10.1. The van der Waals surface area contributed by atoms with Crippen molar-refractivity contribution in [3.8, 4) is 11.5 Å². The van der Waals surface area contributed by atoms with Gasteiger partial charge < -0.3 is 24.5 Å². The van der Waals surface area contributed by atoms with E-state index in [9.17, 15) is 5.11 Å². The average Bonchev–Trinajstić information content (AvgIpc) is 3.66. The Labute approximate surface area is 227 Å². The maximum absolute atomic E-state index is 10.5. The Bertz CT molecular complexity index is 1150. The van der Waals surface area contributed by atoms with Crippen molar-refractivity contribution < 1.29 is 9.84 Å². The maximum Gasteiger partial charge on any atom is 0.229 e. The molecule has 0 spiro atoms. The molecule has 5 heterocycles. The minimum absolute atomic E-state index is 0.226. The number of piperazine rings is 1. The first-order valence-electron chi connectivity index (χ1n) is 14.7. The third kappa shape index (κ3) is 4.76. The fraction of sp³-hybridized carbons (Fsp3) is 0.667. The van der Waals surface area contributed by atoms with Gasteiger partial charge in [0.25, 0.3) is 0 Å². The molecule has 1 N–H and O–H groups in total. The van der Waals surface area contributed by atoms with E-state index in [4.69, 9.17) is 14.7 Å². The van der Waals surface area contributed by atoms with Gasteiger partial charge in [0.15, 0.2) is 0 Å². The van der Waals surface area contributed by atoms with Gasteiger partial charge in [0.2, 0.25) is 5.95 Å². The summed E-state index contributed by atoms with van der Waals surface area (Å²) in [6, 6.07) is 2.23. The molecule has 1 atom stereocenters. The molecule has 1 aromatic heterocycles. The summed E-state index contributed by atoms with van der Waals surface area (Å²) in [7, 11) is 0. The van der Waals surface area contributed by atoms with E-state index in [-0.39, 0.29) is 5.60 Å². The molecular formula is C30H44N6O2. The highest BCUT2D eigenvalue weighted by Gasteiger charge is 2.37. The summed E-state index contributed by atoms with van der Waals surface area (Å²) >= 11 is 0. The largest absolute Gasteiger partial charge is 0.507 e. The zero-order valence-electron chi connectivity index (χ0n) is 23.7. The van der Waals surface area contributed by atoms with Gasteiger partial charge in [-0.1, -0.05) is 0 Å². The van der Waals surface area contributed by atoms with Crippen LogP contribution in [0.5, 0.6) is 11.5 Å². The van der Waals surface area contributed by atoms with Crippen LogP contribution in [0.15, 0.2) is 6.07 Å². The van der Waals surface area contributed by atoms with Crippen LogP contribution in [0.1, 0.15) is 61.3 Å². The Morgan fingerprint density at radius 3 is 2.00 bits per heavy atom. The van der Waals surface area contributed by atoms with Crippen LogP contribution in [0.2, 0.25) is 0 Å². The number of phenolic OH excluding ortho intramolecular Hbond substituents is 1. The molecule has 8 nitrogen and oxygen atoms in total. The van der Waals surface area contributed by atoms with Crippen LogP contribution < -0.4 is 19.4 Å². The third-order valence-corrected chi connectivity index (χ3v) is 9.35. The molecule has 0 bridgehead atoms. The van der Waals surface area contributed by atoms with Gasteiger partial charge in [0.05, 0.1) is 0 Å². The molecule has 2 aromatic rings. The molecule has 4 aliphatic rings. The lowest BCUT2D eigenvalue weighted by Crippen LogP contribution is -2.54. The number of phenols is 1. The van der Waals surface area contributed by atoms with Crippen LogP contribution in [-0.2, 0) is 6.42 Å². The molecule has 3 fully saturated rings. The molecular weight excluding hydrogens is 478 g/mol. The van der Waals surface area contributed by atoms with E-state index in [1.54, 1.807) is 0 Å². The topological polar surface area (TPSA) is 68.2 Å². The number of ether oxygens (including phenoxy) is 1. The van der Waals surface area contributed by atoms with Crippen LogP contribution in [0.4, 0.5) is 17.6 Å². The minimum Gasteiger partial charge on any atom is -0.507 e. The molecule has 0 amide bonds. The number of hydrogen-bond donors (Lipinski definition) is 1. The van der Waals surface area contributed by atoms with Gasteiger partial charge in [-0.05, 0) is 82.9 Å². The summed E-state index contributed by atoms with van der Waals surface area (Å²) in [5, 5.41) is 10.5. The Morgan fingerprint density at radius 1 is 0.789 bits per heavy atom. The predicted octanol–water partition coefficient (Wildman–Crippen LogP) is 4.21. The zero-order valence-corrected chi connectivity index (χ0v) is 23.7. The number of benzene rings is 1. The van der Waals surface area contributed by atoms with Crippen molar-refractivity contribution in [2.75, 3.05) is 73.6 Å². The van der Waals surface area contributed by atoms with Gasteiger partial charge >= 0.3 is 0 Å². The Balaban J connectivity index is 1.14. The molecule has 38 heavy (non-hydrogen) atoms. The summed E-state index contributed by atoms with van der Waals surface area (Å²) in [5.41, 5.74) is 3.94. The highest BCUT2D eigenvalue weighted by molar-refractivity contribution is 5.59. The average molecular weight is 523 g/mol. The monoisotopic (exact) mass is 522 g/mol. The van der Waals surface area contributed by atoms with E-state index in [1.807, 2.05) is 13.8 Å². The Kier molecular flexibility index (Phi) is 6.79. The second-order valence-electron chi connectivity index (χ2n) is 12.1. The van der Waals surface area contributed by atoms with E-state index in [2.05, 4.69) is 39.5 Å². The van der Waals surface area contributed by atoms with Crippen LogP contribution in [0, 0.1) is 20.8 Å². The number of aromatic nitrogens is 2. The van der Waals surface area contributed by atoms with Gasteiger partial charge in [-0.2, -0.15) is 9.97 Å². The maximum atomic E-state index is 10.5. The van der Waals surface area contributed by atoms with Crippen molar-refractivity contribution in [2.45, 2.75) is 71.8 Å². The fourth-order valence-electron chi connectivity index (χ4n) is 6.75. The number of fused-ring (bicyclic) bond motifs is 1. The van der Waals surface area contributed by atoms with Crippen molar-refractivity contribution in [2.24, 2.45) is 0 Å². The SMILES string of the molecule is Cc1c(C)c2c(c(C)c1O)CC[C@](C)([14CH2]N1CCN(c3cc(N4CCCC4)nc(N4CCCC4)n3)CC1)O2. The molecule has 206 valence electrons. The van der Waals surface area contributed by atoms with Gasteiger partial charge in [-0.3, -0.25) is 4.90 Å². The summed E-state index contributed by atoms with van der Waals surface area (Å²) < 4.78 is 6.73. The first kappa shape index (κ1) is 25.5. The van der Waals surface area contributed by atoms with Crippen LogP contribution in [0.3, 0.4) is 0 Å². The first-order chi connectivity index (χ1) is 18.3. The van der Waals surface area contributed by atoms with Crippen LogP contribution in [-0.4, -0.2) is 84.5 Å². The van der Waals surface area contributed by atoms with Crippen molar-refractivity contribution in [1.29, 1.82) is 0 Å². The standard InChI is InChI=1S/C30H44N6O2/c1-21-22(2)28-24(23(3)27(21)37)9-10-30(4,38-28)20-33-15-17-35(18-16-33)26-19-25(34-11-5-6-12-34)31-29(32-26)36-13-7-8-14-36/h19,37H,5-18,20H2,1-4H3/t30-/m1/s1/i20+2. The van der Waals surface area contributed by atoms with E-state index < -0.39 is 0 Å². The molecule has 1 aromatic carbocycles. The van der Waals surface area contributed by atoms with Gasteiger partial charge in [-0.25, -0.2) is 0 Å². The van der Waals surface area contributed by atoms with Crippen molar-refractivity contribution in [1.82, 2.24) is 14.9 Å². The van der Waals surface area contributed by atoms with Gasteiger partial charge in [-0.15, -0.1) is 0 Å². The molecule has 0 aliphatic carbocycles. The molecule has 4 aliphatic heterocycles. The quantitative estimate of drug-likeness (QED) is 0.626. The number of rotatable bonds is 5. The van der Waals surface area contributed by atoms with Crippen molar-refractivity contribution in [3.05, 3.63) is 28.3 Å². The fourth-order valence-corrected chi connectivity index (χ4v) is 6.75. The minimum atomic E-state index is -0.226. The third-order valence-electron chi connectivity index (χ3n) is 9.35. The van der Waals surface area contributed by atoms with E-state index in [0.29, 0.717) is 5.75 Å². The Hall–Kier alpha value is -2.74.